The van der Waals surface area contributed by atoms with Crippen LogP contribution in [0.2, 0.25) is 0 Å². The smallest absolute Gasteiger partial charge is 0.163 e. The van der Waals surface area contributed by atoms with E-state index in [9.17, 15) is 0 Å². The molecule has 2 aromatic rings. The zero-order chi connectivity index (χ0) is 15.6. The Morgan fingerprint density at radius 1 is 1.35 bits per heavy atom. The molecule has 2 aliphatic rings. The molecule has 124 valence electrons. The van der Waals surface area contributed by atoms with Crippen LogP contribution in [0.25, 0.3) is 0 Å². The number of thiazole rings is 1. The van der Waals surface area contributed by atoms with Crippen molar-refractivity contribution in [2.24, 2.45) is 7.05 Å². The molecule has 1 unspecified atom stereocenters. The summed E-state index contributed by atoms with van der Waals surface area (Å²) in [5, 5.41) is 11.7. The van der Waals surface area contributed by atoms with Crippen LogP contribution in [0.1, 0.15) is 54.2 Å². The molecule has 1 saturated carbocycles. The van der Waals surface area contributed by atoms with Crippen molar-refractivity contribution in [3.8, 4) is 0 Å². The molecule has 0 aromatic carbocycles. The molecule has 0 amide bonds. The van der Waals surface area contributed by atoms with Crippen molar-refractivity contribution in [1.29, 1.82) is 0 Å². The zero-order valence-electron chi connectivity index (χ0n) is 13.5. The zero-order valence-corrected chi connectivity index (χ0v) is 14.3. The summed E-state index contributed by atoms with van der Waals surface area (Å²) in [6, 6.07) is 0. The average Bonchev–Trinajstić information content (AvgIpc) is 3.28. The highest BCUT2D eigenvalue weighted by Crippen LogP contribution is 2.35. The molecule has 4 rings (SSSR count). The molecule has 2 aromatic heterocycles. The summed E-state index contributed by atoms with van der Waals surface area (Å²) in [6.45, 7) is 3.44. The van der Waals surface area contributed by atoms with Crippen molar-refractivity contribution in [2.75, 3.05) is 19.7 Å². The Hall–Kier alpha value is -1.31. The third-order valence-electron chi connectivity index (χ3n) is 4.84. The third-order valence-corrected chi connectivity index (χ3v) is 5.90. The highest BCUT2D eigenvalue weighted by atomic mass is 32.1. The Kier molecular flexibility index (Phi) is 4.41. The van der Waals surface area contributed by atoms with Gasteiger partial charge < -0.3 is 9.30 Å². The number of hydrogen-bond donors (Lipinski definition) is 0. The molecule has 6 nitrogen and oxygen atoms in total. The van der Waals surface area contributed by atoms with Gasteiger partial charge >= 0.3 is 0 Å². The van der Waals surface area contributed by atoms with Gasteiger partial charge in [0.1, 0.15) is 12.4 Å². The van der Waals surface area contributed by atoms with E-state index in [1.165, 1.54) is 36.4 Å². The number of hydrogen-bond acceptors (Lipinski definition) is 6. The largest absolute Gasteiger partial charge is 0.368 e. The third kappa shape index (κ3) is 3.32. The lowest BCUT2D eigenvalue weighted by molar-refractivity contribution is -0.0388. The van der Waals surface area contributed by atoms with Gasteiger partial charge in [-0.3, -0.25) is 4.90 Å². The first-order valence-electron chi connectivity index (χ1n) is 8.42. The van der Waals surface area contributed by atoms with Gasteiger partial charge in [-0.25, -0.2) is 4.98 Å². The van der Waals surface area contributed by atoms with E-state index in [1.807, 2.05) is 23.0 Å². The second kappa shape index (κ2) is 6.67. The van der Waals surface area contributed by atoms with Crippen LogP contribution in [0.15, 0.2) is 11.7 Å². The summed E-state index contributed by atoms with van der Waals surface area (Å²) < 4.78 is 7.81. The maximum atomic E-state index is 5.87. The summed E-state index contributed by atoms with van der Waals surface area (Å²) in [5.74, 6) is 1.62. The van der Waals surface area contributed by atoms with E-state index in [0.717, 1.165) is 32.1 Å². The van der Waals surface area contributed by atoms with Crippen LogP contribution in [0.3, 0.4) is 0 Å². The molecule has 23 heavy (non-hydrogen) atoms. The predicted octanol–water partition coefficient (Wildman–Crippen LogP) is 2.50. The molecular formula is C16H23N5OS. The fourth-order valence-electron chi connectivity index (χ4n) is 3.57. The van der Waals surface area contributed by atoms with Crippen LogP contribution in [0.5, 0.6) is 0 Å². The van der Waals surface area contributed by atoms with Gasteiger partial charge in [-0.2, -0.15) is 0 Å². The molecule has 1 atom stereocenters. The van der Waals surface area contributed by atoms with Gasteiger partial charge in [0.05, 0.1) is 17.3 Å². The summed E-state index contributed by atoms with van der Waals surface area (Å²) in [7, 11) is 1.96. The van der Waals surface area contributed by atoms with Crippen molar-refractivity contribution in [2.45, 2.75) is 44.2 Å². The molecular weight excluding hydrogens is 310 g/mol. The minimum absolute atomic E-state index is 0.00388. The lowest BCUT2D eigenvalue weighted by Crippen LogP contribution is -2.38. The maximum Gasteiger partial charge on any atom is 0.163 e. The lowest BCUT2D eigenvalue weighted by atomic mass is 10.1. The Balaban J connectivity index is 1.39. The van der Waals surface area contributed by atoms with E-state index in [1.54, 1.807) is 6.33 Å². The normalized spacial score (nSPS) is 23.6. The van der Waals surface area contributed by atoms with Gasteiger partial charge in [0, 0.05) is 38.0 Å². The van der Waals surface area contributed by atoms with Crippen molar-refractivity contribution < 1.29 is 4.74 Å². The Labute approximate surface area is 140 Å². The Morgan fingerprint density at radius 3 is 3.00 bits per heavy atom. The second-order valence-corrected chi connectivity index (χ2v) is 7.44. The fraction of sp³-hybridized carbons (Fsp3) is 0.688. The van der Waals surface area contributed by atoms with Crippen LogP contribution in [0.4, 0.5) is 0 Å². The van der Waals surface area contributed by atoms with Crippen molar-refractivity contribution in [3.05, 3.63) is 28.2 Å². The number of ether oxygens (including phenoxy) is 1. The van der Waals surface area contributed by atoms with E-state index in [2.05, 4.69) is 20.5 Å². The molecule has 0 N–H and O–H groups in total. The molecule has 3 heterocycles. The topological polar surface area (TPSA) is 56.1 Å². The minimum Gasteiger partial charge on any atom is -0.368 e. The number of aryl methyl sites for hydroxylation is 1. The SMILES string of the molecule is Cn1cnnc1C1CN(Cc2csc(C3CCCC3)n2)CCO1. The predicted molar refractivity (Wildman–Crippen MR) is 88.3 cm³/mol. The maximum absolute atomic E-state index is 5.87. The first-order valence-corrected chi connectivity index (χ1v) is 9.29. The van der Waals surface area contributed by atoms with Gasteiger partial charge in [-0.1, -0.05) is 12.8 Å². The van der Waals surface area contributed by atoms with Gasteiger partial charge in [0.15, 0.2) is 5.82 Å². The van der Waals surface area contributed by atoms with Gasteiger partial charge in [-0.05, 0) is 12.8 Å². The van der Waals surface area contributed by atoms with Gasteiger partial charge in [0.2, 0.25) is 0 Å². The van der Waals surface area contributed by atoms with Crippen LogP contribution in [-0.4, -0.2) is 44.3 Å². The minimum atomic E-state index is 0.00388. The van der Waals surface area contributed by atoms with Crippen LogP contribution in [-0.2, 0) is 18.3 Å². The van der Waals surface area contributed by atoms with Gasteiger partial charge in [-0.15, -0.1) is 21.5 Å². The fourth-order valence-corrected chi connectivity index (χ4v) is 4.55. The van der Waals surface area contributed by atoms with Crippen molar-refractivity contribution in [1.82, 2.24) is 24.6 Å². The summed E-state index contributed by atoms with van der Waals surface area (Å²) in [5.41, 5.74) is 1.20. The molecule has 1 aliphatic heterocycles. The lowest BCUT2D eigenvalue weighted by Gasteiger charge is -2.31. The number of morpholine rings is 1. The molecule has 0 bridgehead atoms. The first-order chi connectivity index (χ1) is 11.3. The summed E-state index contributed by atoms with van der Waals surface area (Å²) in [6.07, 6.45) is 7.10. The molecule has 2 fully saturated rings. The van der Waals surface area contributed by atoms with Crippen molar-refractivity contribution >= 4 is 11.3 Å². The van der Waals surface area contributed by atoms with Gasteiger partial charge in [0.25, 0.3) is 0 Å². The van der Waals surface area contributed by atoms with Crippen LogP contribution in [0, 0.1) is 0 Å². The van der Waals surface area contributed by atoms with Crippen LogP contribution < -0.4 is 0 Å². The number of rotatable bonds is 4. The number of nitrogens with zero attached hydrogens (tertiary/aromatic N) is 5. The highest BCUT2D eigenvalue weighted by molar-refractivity contribution is 7.09. The second-order valence-electron chi connectivity index (χ2n) is 6.55. The quantitative estimate of drug-likeness (QED) is 0.860. The molecule has 1 aliphatic carbocycles. The molecule has 7 heteroatoms. The van der Waals surface area contributed by atoms with E-state index in [4.69, 9.17) is 9.72 Å². The Bertz CT molecular complexity index is 648. The Morgan fingerprint density at radius 2 is 2.22 bits per heavy atom. The van der Waals surface area contributed by atoms with E-state index in [-0.39, 0.29) is 6.10 Å². The number of aromatic nitrogens is 4. The van der Waals surface area contributed by atoms with E-state index in [0.29, 0.717) is 5.92 Å². The highest BCUT2D eigenvalue weighted by Gasteiger charge is 2.26. The summed E-state index contributed by atoms with van der Waals surface area (Å²) >= 11 is 1.84. The molecule has 1 saturated heterocycles. The van der Waals surface area contributed by atoms with E-state index >= 15 is 0 Å². The average molecular weight is 333 g/mol. The summed E-state index contributed by atoms with van der Waals surface area (Å²) in [4.78, 5) is 7.31. The standard InChI is InChI=1S/C16H23N5OS/c1-20-11-17-19-15(20)14-9-21(6-7-22-14)8-13-10-23-16(18-13)12-4-2-3-5-12/h10-12,14H,2-9H2,1H3. The first kappa shape index (κ1) is 15.2. The van der Waals surface area contributed by atoms with Crippen molar-refractivity contribution in [3.63, 3.8) is 0 Å². The molecule has 0 radical (unpaired) electrons. The van der Waals surface area contributed by atoms with Crippen LogP contribution >= 0.6 is 11.3 Å². The van der Waals surface area contributed by atoms with E-state index < -0.39 is 0 Å². The molecule has 0 spiro atoms. The monoisotopic (exact) mass is 333 g/mol.